The molecule has 2 aromatic rings. The van der Waals surface area contributed by atoms with Crippen LogP contribution in [-0.4, -0.2) is 18.2 Å². The molecule has 1 N–H and O–H groups in total. The Kier molecular flexibility index (Phi) is 2.30. The molecule has 2 nitrogen and oxygen atoms in total. The van der Waals surface area contributed by atoms with Gasteiger partial charge in [0, 0.05) is 30.1 Å². The normalized spacial score (nSPS) is 14.8. The topological polar surface area (TPSA) is 17.0 Å². The third-order valence-corrected chi connectivity index (χ3v) is 3.95. The number of para-hydroxylation sites is 1. The Morgan fingerprint density at radius 2 is 2.18 bits per heavy atom. The minimum Gasteiger partial charge on any atom is -0.347 e. The molecule has 0 spiro atoms. The summed E-state index contributed by atoms with van der Waals surface area (Å²) < 4.78 is 2.43. The van der Waals surface area contributed by atoms with Crippen LogP contribution in [0.5, 0.6) is 0 Å². The van der Waals surface area contributed by atoms with Crippen molar-refractivity contribution >= 4 is 10.9 Å². The minimum atomic E-state index is 0.189. The molecule has 17 heavy (non-hydrogen) atoms. The van der Waals surface area contributed by atoms with Crippen molar-refractivity contribution in [2.45, 2.75) is 32.2 Å². The molecule has 90 valence electrons. The van der Waals surface area contributed by atoms with Crippen molar-refractivity contribution in [1.29, 1.82) is 0 Å². The second-order valence-corrected chi connectivity index (χ2v) is 5.71. The number of rotatable bonds is 3. The van der Waals surface area contributed by atoms with Gasteiger partial charge in [0.1, 0.15) is 0 Å². The first-order valence-electron chi connectivity index (χ1n) is 6.39. The van der Waals surface area contributed by atoms with Crippen molar-refractivity contribution in [3.63, 3.8) is 0 Å². The largest absolute Gasteiger partial charge is 0.347 e. The van der Waals surface area contributed by atoms with Crippen molar-refractivity contribution in [1.82, 2.24) is 9.88 Å². The van der Waals surface area contributed by atoms with E-state index < -0.39 is 0 Å². The molecule has 0 radical (unpaired) electrons. The Balaban J connectivity index is 2.23. The van der Waals surface area contributed by atoms with Crippen LogP contribution in [0.1, 0.15) is 25.0 Å². The molecule has 0 bridgehead atoms. The summed E-state index contributed by atoms with van der Waals surface area (Å²) in [6, 6.07) is 6.74. The molecule has 0 unspecified atom stereocenters. The maximum absolute atomic E-state index is 3.30. The Hall–Kier alpha value is -1.28. The molecular weight excluding hydrogens is 208 g/mol. The van der Waals surface area contributed by atoms with Crippen LogP contribution in [-0.2, 0) is 18.4 Å². The van der Waals surface area contributed by atoms with Gasteiger partial charge in [-0.2, -0.15) is 0 Å². The lowest BCUT2D eigenvalue weighted by Crippen LogP contribution is -2.30. The van der Waals surface area contributed by atoms with Gasteiger partial charge in [0.05, 0.1) is 5.52 Å². The average molecular weight is 228 g/mol. The number of aryl methyl sites for hydroxylation is 2. The summed E-state index contributed by atoms with van der Waals surface area (Å²) >= 11 is 0. The maximum Gasteiger partial charge on any atom is 0.0516 e. The highest BCUT2D eigenvalue weighted by Gasteiger charge is 2.26. The first kappa shape index (κ1) is 10.8. The first-order chi connectivity index (χ1) is 8.13. The van der Waals surface area contributed by atoms with E-state index in [1.807, 2.05) is 7.05 Å². The van der Waals surface area contributed by atoms with Crippen LogP contribution in [0, 0.1) is 0 Å². The van der Waals surface area contributed by atoms with E-state index in [-0.39, 0.29) is 5.41 Å². The highest BCUT2D eigenvalue weighted by atomic mass is 15.0. The number of likely N-dealkylation sites (N-methyl/N-ethyl adjacent to an activating group) is 1. The molecule has 0 fully saturated rings. The Morgan fingerprint density at radius 3 is 2.94 bits per heavy atom. The molecule has 1 aromatic heterocycles. The van der Waals surface area contributed by atoms with Gasteiger partial charge in [-0.05, 0) is 24.6 Å². The minimum absolute atomic E-state index is 0.189. The third-order valence-electron chi connectivity index (χ3n) is 3.95. The zero-order valence-electron chi connectivity index (χ0n) is 10.9. The van der Waals surface area contributed by atoms with Crippen molar-refractivity contribution in [3.8, 4) is 0 Å². The number of hydrogen-bond donors (Lipinski definition) is 1. The van der Waals surface area contributed by atoms with Crippen molar-refractivity contribution < 1.29 is 0 Å². The lowest BCUT2D eigenvalue weighted by molar-refractivity contribution is 0.495. The molecule has 0 aliphatic carbocycles. The van der Waals surface area contributed by atoms with E-state index in [0.29, 0.717) is 0 Å². The van der Waals surface area contributed by atoms with Gasteiger partial charge in [0.2, 0.25) is 0 Å². The lowest BCUT2D eigenvalue weighted by Gasteiger charge is -2.24. The number of hydrogen-bond acceptors (Lipinski definition) is 1. The van der Waals surface area contributed by atoms with Gasteiger partial charge < -0.3 is 9.88 Å². The van der Waals surface area contributed by atoms with Crippen LogP contribution in [0.3, 0.4) is 0 Å². The van der Waals surface area contributed by atoms with E-state index >= 15 is 0 Å². The van der Waals surface area contributed by atoms with Gasteiger partial charge in [0.25, 0.3) is 0 Å². The van der Waals surface area contributed by atoms with Gasteiger partial charge in [-0.15, -0.1) is 0 Å². The zero-order chi connectivity index (χ0) is 12.0. The van der Waals surface area contributed by atoms with E-state index in [2.05, 4.69) is 48.1 Å². The van der Waals surface area contributed by atoms with Gasteiger partial charge in [-0.3, -0.25) is 0 Å². The highest BCUT2D eigenvalue weighted by molar-refractivity contribution is 5.88. The van der Waals surface area contributed by atoms with E-state index in [0.717, 1.165) is 13.1 Å². The molecule has 0 amide bonds. The average Bonchev–Trinajstić information content (AvgIpc) is 2.85. The fraction of sp³-hybridized carbons (Fsp3) is 0.467. The molecule has 3 rings (SSSR count). The lowest BCUT2D eigenvalue weighted by atomic mass is 9.84. The Labute approximate surface area is 103 Å². The van der Waals surface area contributed by atoms with E-state index in [1.165, 1.54) is 28.5 Å². The summed E-state index contributed by atoms with van der Waals surface area (Å²) in [7, 11) is 2.03. The summed E-state index contributed by atoms with van der Waals surface area (Å²) in [6.07, 6.45) is 3.55. The fourth-order valence-electron chi connectivity index (χ4n) is 3.13. The van der Waals surface area contributed by atoms with Crippen LogP contribution in [0.15, 0.2) is 24.4 Å². The number of nitrogens with one attached hydrogen (secondary N) is 1. The molecule has 2 heteroatoms. The molecule has 1 aliphatic rings. The number of aromatic nitrogens is 1. The zero-order valence-corrected chi connectivity index (χ0v) is 10.9. The fourth-order valence-corrected chi connectivity index (χ4v) is 3.13. The molecular formula is C15H20N2. The number of nitrogens with zero attached hydrogens (tertiary/aromatic N) is 1. The second-order valence-electron chi connectivity index (χ2n) is 5.71. The number of benzene rings is 1. The molecule has 1 aliphatic heterocycles. The van der Waals surface area contributed by atoms with E-state index in [9.17, 15) is 0 Å². The molecule has 1 aromatic carbocycles. The maximum atomic E-state index is 3.30. The summed E-state index contributed by atoms with van der Waals surface area (Å²) in [5, 5.41) is 4.75. The van der Waals surface area contributed by atoms with Gasteiger partial charge in [-0.1, -0.05) is 32.0 Å². The van der Waals surface area contributed by atoms with Crippen LogP contribution >= 0.6 is 0 Å². The van der Waals surface area contributed by atoms with Crippen LogP contribution < -0.4 is 5.32 Å². The molecule has 0 atom stereocenters. The third kappa shape index (κ3) is 1.51. The van der Waals surface area contributed by atoms with E-state index in [1.54, 1.807) is 0 Å². The monoisotopic (exact) mass is 228 g/mol. The van der Waals surface area contributed by atoms with Gasteiger partial charge in [-0.25, -0.2) is 0 Å². The Bertz CT molecular complexity index is 564. The van der Waals surface area contributed by atoms with Crippen LogP contribution in [0.4, 0.5) is 0 Å². The highest BCUT2D eigenvalue weighted by Crippen LogP contribution is 2.36. The standard InChI is InChI=1S/C15H20N2/c1-15(2,10-16-3)13-9-17-8-7-11-5-4-6-12(13)14(11)17/h4-6,9,16H,7-8,10H2,1-3H3. The quantitative estimate of drug-likeness (QED) is 0.854. The summed E-state index contributed by atoms with van der Waals surface area (Å²) in [6.45, 7) is 6.79. The molecule has 0 saturated carbocycles. The second kappa shape index (κ2) is 3.61. The molecule has 2 heterocycles. The van der Waals surface area contributed by atoms with Crippen LogP contribution in [0.25, 0.3) is 10.9 Å². The molecule has 0 saturated heterocycles. The summed E-state index contributed by atoms with van der Waals surface area (Å²) in [5.74, 6) is 0. The Morgan fingerprint density at radius 1 is 1.35 bits per heavy atom. The summed E-state index contributed by atoms with van der Waals surface area (Å²) in [4.78, 5) is 0. The predicted molar refractivity (Wildman–Crippen MR) is 72.6 cm³/mol. The van der Waals surface area contributed by atoms with Crippen molar-refractivity contribution in [2.24, 2.45) is 0 Å². The van der Waals surface area contributed by atoms with Crippen molar-refractivity contribution in [2.75, 3.05) is 13.6 Å². The predicted octanol–water partition coefficient (Wildman–Crippen LogP) is 2.69. The van der Waals surface area contributed by atoms with Gasteiger partial charge >= 0.3 is 0 Å². The SMILES string of the molecule is CNCC(C)(C)c1cn2c3c(cccc13)CC2. The smallest absolute Gasteiger partial charge is 0.0516 e. The summed E-state index contributed by atoms with van der Waals surface area (Å²) in [5.41, 5.74) is 4.64. The van der Waals surface area contributed by atoms with Gasteiger partial charge in [0.15, 0.2) is 0 Å². The van der Waals surface area contributed by atoms with Crippen LogP contribution in [0.2, 0.25) is 0 Å². The first-order valence-corrected chi connectivity index (χ1v) is 6.39. The van der Waals surface area contributed by atoms with Crippen molar-refractivity contribution in [3.05, 3.63) is 35.5 Å². The van der Waals surface area contributed by atoms with E-state index in [4.69, 9.17) is 0 Å².